The third kappa shape index (κ3) is 3.32. The van der Waals surface area contributed by atoms with Crippen molar-refractivity contribution in [2.45, 2.75) is 20.8 Å². The van der Waals surface area contributed by atoms with Crippen molar-refractivity contribution >= 4 is 17.4 Å². The van der Waals surface area contributed by atoms with E-state index in [2.05, 4.69) is 15.3 Å². The average molecular weight is 230 g/mol. The lowest BCUT2D eigenvalue weighted by Gasteiger charge is -2.22. The number of hydrogen-bond acceptors (Lipinski definition) is 4. The Morgan fingerprint density at radius 3 is 2.73 bits per heavy atom. The molecule has 0 saturated carbocycles. The van der Waals surface area contributed by atoms with Gasteiger partial charge in [-0.1, -0.05) is 25.4 Å². The molecule has 0 aliphatic carbocycles. The third-order valence-corrected chi connectivity index (χ3v) is 2.57. The van der Waals surface area contributed by atoms with Gasteiger partial charge in [-0.3, -0.25) is 0 Å². The molecule has 0 aromatic carbocycles. The molecule has 1 aromatic rings. The molecule has 0 bridgehead atoms. The van der Waals surface area contributed by atoms with E-state index < -0.39 is 0 Å². The number of nitrogens with zero attached hydrogens (tertiary/aromatic N) is 2. The second-order valence-electron chi connectivity index (χ2n) is 4.31. The number of hydrogen-bond donors (Lipinski definition) is 2. The van der Waals surface area contributed by atoms with Gasteiger partial charge in [0.15, 0.2) is 0 Å². The fourth-order valence-electron chi connectivity index (χ4n) is 0.986. The summed E-state index contributed by atoms with van der Waals surface area (Å²) in [4.78, 5) is 7.96. The minimum absolute atomic E-state index is 0.123. The molecule has 5 heteroatoms. The molecule has 2 N–H and O–H groups in total. The Balaban J connectivity index is 2.70. The van der Waals surface area contributed by atoms with Gasteiger partial charge in [-0.2, -0.15) is 0 Å². The molecule has 4 nitrogen and oxygen atoms in total. The highest BCUT2D eigenvalue weighted by Gasteiger charge is 2.17. The number of aliphatic hydroxyl groups excluding tert-OH is 1. The predicted molar refractivity (Wildman–Crippen MR) is 61.1 cm³/mol. The number of halogens is 1. The lowest BCUT2D eigenvalue weighted by atomic mass is 9.95. The molecule has 0 fully saturated rings. The summed E-state index contributed by atoms with van der Waals surface area (Å²) < 4.78 is 0. The second kappa shape index (κ2) is 4.77. The van der Waals surface area contributed by atoms with E-state index in [0.717, 1.165) is 11.4 Å². The van der Waals surface area contributed by atoms with Crippen molar-refractivity contribution in [1.29, 1.82) is 0 Å². The van der Waals surface area contributed by atoms with Gasteiger partial charge >= 0.3 is 0 Å². The lowest BCUT2D eigenvalue weighted by Crippen LogP contribution is -2.27. The molecule has 1 rings (SSSR count). The van der Waals surface area contributed by atoms with Gasteiger partial charge in [-0.05, 0) is 6.92 Å². The van der Waals surface area contributed by atoms with Gasteiger partial charge in [0.25, 0.3) is 0 Å². The monoisotopic (exact) mass is 229 g/mol. The smallest absolute Gasteiger partial charge is 0.137 e. The van der Waals surface area contributed by atoms with E-state index in [1.807, 2.05) is 20.8 Å². The topological polar surface area (TPSA) is 58.0 Å². The third-order valence-electron chi connectivity index (χ3n) is 2.18. The molecule has 15 heavy (non-hydrogen) atoms. The minimum atomic E-state index is -0.177. The number of aromatic nitrogens is 2. The Hall–Kier alpha value is -0.870. The number of rotatable bonds is 4. The first-order valence-electron chi connectivity index (χ1n) is 4.78. The fraction of sp³-hybridized carbons (Fsp3) is 0.600. The maximum absolute atomic E-state index is 9.10. The number of anilines is 1. The van der Waals surface area contributed by atoms with Gasteiger partial charge in [0.05, 0.1) is 0 Å². The first-order valence-corrected chi connectivity index (χ1v) is 5.16. The first kappa shape index (κ1) is 12.2. The highest BCUT2D eigenvalue weighted by molar-refractivity contribution is 6.30. The van der Waals surface area contributed by atoms with Crippen molar-refractivity contribution in [3.05, 3.63) is 17.0 Å². The molecule has 0 aliphatic heterocycles. The molecule has 1 aromatic heterocycles. The highest BCUT2D eigenvalue weighted by atomic mass is 35.5. The summed E-state index contributed by atoms with van der Waals surface area (Å²) in [5.74, 6) is 0.719. The van der Waals surface area contributed by atoms with E-state index in [9.17, 15) is 0 Å². The van der Waals surface area contributed by atoms with E-state index in [0.29, 0.717) is 11.7 Å². The molecule has 0 saturated heterocycles. The van der Waals surface area contributed by atoms with Gasteiger partial charge in [-0.15, -0.1) is 0 Å². The quantitative estimate of drug-likeness (QED) is 0.774. The summed E-state index contributed by atoms with van der Waals surface area (Å²) in [5.41, 5.74) is 0.650. The van der Waals surface area contributed by atoms with E-state index >= 15 is 0 Å². The van der Waals surface area contributed by atoms with Crippen molar-refractivity contribution in [3.8, 4) is 0 Å². The molecule has 0 atom stereocenters. The van der Waals surface area contributed by atoms with Crippen LogP contribution >= 0.6 is 11.6 Å². The molecule has 0 radical (unpaired) electrons. The maximum Gasteiger partial charge on any atom is 0.137 e. The summed E-state index contributed by atoms with van der Waals surface area (Å²) in [7, 11) is 0. The predicted octanol–water partition coefficient (Wildman–Crippen LogP) is 1.87. The first-order chi connectivity index (χ1) is 6.96. The molecular weight excluding hydrogens is 214 g/mol. The van der Waals surface area contributed by atoms with Crippen LogP contribution in [0, 0.1) is 12.3 Å². The van der Waals surface area contributed by atoms with Crippen molar-refractivity contribution < 1.29 is 5.11 Å². The SMILES string of the molecule is Cc1c(Cl)ncnc1NCC(C)(C)CO. The standard InChI is InChI=1S/C10H16ClN3O/c1-7-8(11)13-6-14-9(7)12-4-10(2,3)5-15/h6,15H,4-5H2,1-3H3,(H,12,13,14). The normalized spacial score (nSPS) is 11.5. The molecule has 0 aliphatic rings. The fourth-order valence-corrected chi connectivity index (χ4v) is 1.12. The minimum Gasteiger partial charge on any atom is -0.396 e. The molecule has 0 unspecified atom stereocenters. The lowest BCUT2D eigenvalue weighted by molar-refractivity contribution is 0.170. The Labute approximate surface area is 94.7 Å². The summed E-state index contributed by atoms with van der Waals surface area (Å²) in [6.07, 6.45) is 1.42. The Morgan fingerprint density at radius 2 is 2.13 bits per heavy atom. The summed E-state index contributed by atoms with van der Waals surface area (Å²) >= 11 is 5.86. The average Bonchev–Trinajstić information content (AvgIpc) is 2.20. The van der Waals surface area contributed by atoms with Crippen LogP contribution in [0.1, 0.15) is 19.4 Å². The summed E-state index contributed by atoms with van der Waals surface area (Å²) in [5, 5.41) is 12.7. The van der Waals surface area contributed by atoms with Crippen LogP contribution in [0.2, 0.25) is 5.15 Å². The zero-order valence-electron chi connectivity index (χ0n) is 9.21. The molecule has 1 heterocycles. The van der Waals surface area contributed by atoms with Crippen LogP contribution in [-0.4, -0.2) is 28.2 Å². The van der Waals surface area contributed by atoms with Crippen LogP contribution in [0.5, 0.6) is 0 Å². The zero-order chi connectivity index (χ0) is 11.5. The summed E-state index contributed by atoms with van der Waals surface area (Å²) in [6, 6.07) is 0. The van der Waals surface area contributed by atoms with Gasteiger partial charge in [0, 0.05) is 24.1 Å². The zero-order valence-corrected chi connectivity index (χ0v) is 9.97. The van der Waals surface area contributed by atoms with Crippen molar-refractivity contribution in [2.24, 2.45) is 5.41 Å². The highest BCUT2D eigenvalue weighted by Crippen LogP contribution is 2.20. The molecule has 0 amide bonds. The van der Waals surface area contributed by atoms with Crippen molar-refractivity contribution in [3.63, 3.8) is 0 Å². The van der Waals surface area contributed by atoms with Crippen LogP contribution in [0.25, 0.3) is 0 Å². The van der Waals surface area contributed by atoms with E-state index in [1.54, 1.807) is 0 Å². The van der Waals surface area contributed by atoms with Crippen LogP contribution in [0.15, 0.2) is 6.33 Å². The maximum atomic E-state index is 9.10. The summed E-state index contributed by atoms with van der Waals surface area (Å²) in [6.45, 7) is 6.56. The van der Waals surface area contributed by atoms with E-state index in [4.69, 9.17) is 16.7 Å². The number of aliphatic hydroxyl groups is 1. The van der Waals surface area contributed by atoms with E-state index in [1.165, 1.54) is 6.33 Å². The molecular formula is C10H16ClN3O. The largest absolute Gasteiger partial charge is 0.396 e. The molecule has 84 valence electrons. The van der Waals surface area contributed by atoms with Crippen molar-refractivity contribution in [1.82, 2.24) is 9.97 Å². The Morgan fingerprint density at radius 1 is 1.47 bits per heavy atom. The van der Waals surface area contributed by atoms with Gasteiger partial charge in [-0.25, -0.2) is 9.97 Å². The number of nitrogens with one attached hydrogen (secondary N) is 1. The van der Waals surface area contributed by atoms with Gasteiger partial charge in [0.2, 0.25) is 0 Å². The van der Waals surface area contributed by atoms with Crippen LogP contribution < -0.4 is 5.32 Å². The van der Waals surface area contributed by atoms with Crippen molar-refractivity contribution in [2.75, 3.05) is 18.5 Å². The van der Waals surface area contributed by atoms with Crippen LogP contribution in [0.3, 0.4) is 0 Å². The second-order valence-corrected chi connectivity index (χ2v) is 4.67. The Bertz CT molecular complexity index is 341. The van der Waals surface area contributed by atoms with Crippen LogP contribution in [0.4, 0.5) is 5.82 Å². The van der Waals surface area contributed by atoms with E-state index in [-0.39, 0.29) is 12.0 Å². The van der Waals surface area contributed by atoms with Gasteiger partial charge in [0.1, 0.15) is 17.3 Å². The molecule has 0 spiro atoms. The Kier molecular flexibility index (Phi) is 3.88. The van der Waals surface area contributed by atoms with Crippen LogP contribution in [-0.2, 0) is 0 Å². The van der Waals surface area contributed by atoms with Gasteiger partial charge < -0.3 is 10.4 Å².